The molecule has 1 atom stereocenters. The summed E-state index contributed by atoms with van der Waals surface area (Å²) in [6, 6.07) is 8.22. The van der Waals surface area contributed by atoms with Crippen molar-refractivity contribution in [1.29, 1.82) is 0 Å². The minimum Gasteiger partial charge on any atom is -0.493 e. The van der Waals surface area contributed by atoms with Crippen LogP contribution >= 0.6 is 0 Å². The van der Waals surface area contributed by atoms with Gasteiger partial charge in [0, 0.05) is 38.8 Å². The Hall–Kier alpha value is -1.59. The van der Waals surface area contributed by atoms with Crippen LogP contribution in [-0.4, -0.2) is 61.2 Å². The van der Waals surface area contributed by atoms with E-state index in [0.29, 0.717) is 13.2 Å². The fourth-order valence-electron chi connectivity index (χ4n) is 3.82. The lowest BCUT2D eigenvalue weighted by Gasteiger charge is -2.42. The van der Waals surface area contributed by atoms with Crippen LogP contribution in [0.4, 0.5) is 0 Å². The Bertz CT molecular complexity index is 592. The van der Waals surface area contributed by atoms with E-state index in [1.807, 2.05) is 24.1 Å². The maximum absolute atomic E-state index is 12.9. The minimum atomic E-state index is -0.664. The van der Waals surface area contributed by atoms with E-state index in [-0.39, 0.29) is 5.91 Å². The number of nitrogens with zero attached hydrogens (tertiary/aromatic N) is 2. The van der Waals surface area contributed by atoms with Gasteiger partial charge in [0.1, 0.15) is 5.75 Å². The molecule has 0 aliphatic carbocycles. The number of carbonyl (C=O) groups is 1. The highest BCUT2D eigenvalue weighted by molar-refractivity contribution is 5.85. The van der Waals surface area contributed by atoms with E-state index in [2.05, 4.69) is 24.0 Å². The van der Waals surface area contributed by atoms with Crippen LogP contribution in [0.5, 0.6) is 5.75 Å². The number of carbonyl (C=O) groups excluding carboxylic acids is 1. The first-order valence-electron chi connectivity index (χ1n) is 9.47. The molecule has 25 heavy (non-hydrogen) atoms. The van der Waals surface area contributed by atoms with Crippen molar-refractivity contribution in [1.82, 2.24) is 9.80 Å². The summed E-state index contributed by atoms with van der Waals surface area (Å²) in [5.41, 5.74) is 0.519. The van der Waals surface area contributed by atoms with Crippen LogP contribution in [-0.2, 0) is 16.1 Å². The number of likely N-dealkylation sites (tertiary alicyclic amines) is 1. The van der Waals surface area contributed by atoms with E-state index < -0.39 is 5.60 Å². The van der Waals surface area contributed by atoms with Crippen molar-refractivity contribution in [2.75, 3.05) is 39.9 Å². The fraction of sp³-hybridized carbons (Fsp3) is 0.650. The number of amides is 1. The smallest absolute Gasteiger partial charge is 0.255 e. The first-order valence-corrected chi connectivity index (χ1v) is 9.47. The van der Waals surface area contributed by atoms with Gasteiger partial charge < -0.3 is 14.4 Å². The maximum atomic E-state index is 12.9. The third-order valence-electron chi connectivity index (χ3n) is 5.15. The zero-order valence-electron chi connectivity index (χ0n) is 15.5. The summed E-state index contributed by atoms with van der Waals surface area (Å²) in [6.45, 7) is 6.59. The number of para-hydroxylation sites is 1. The van der Waals surface area contributed by atoms with Crippen LogP contribution in [0.15, 0.2) is 24.3 Å². The average molecular weight is 346 g/mol. The van der Waals surface area contributed by atoms with Crippen LogP contribution in [0.1, 0.15) is 38.2 Å². The maximum Gasteiger partial charge on any atom is 0.255 e. The molecule has 0 bridgehead atoms. The van der Waals surface area contributed by atoms with Crippen LogP contribution in [0.2, 0.25) is 0 Å². The molecule has 0 N–H and O–H groups in total. The Morgan fingerprint density at radius 1 is 1.24 bits per heavy atom. The molecule has 5 nitrogen and oxygen atoms in total. The second kappa shape index (κ2) is 8.19. The minimum absolute atomic E-state index is 0.144. The van der Waals surface area contributed by atoms with Gasteiger partial charge in [0.2, 0.25) is 0 Å². The van der Waals surface area contributed by atoms with Crippen molar-refractivity contribution in [3.8, 4) is 5.75 Å². The number of ether oxygens (including phenoxy) is 2. The predicted octanol–water partition coefficient (Wildman–Crippen LogP) is 2.69. The summed E-state index contributed by atoms with van der Waals surface area (Å²) in [5, 5.41) is 0. The van der Waals surface area contributed by atoms with Gasteiger partial charge in [0.05, 0.1) is 13.2 Å². The molecule has 0 saturated carbocycles. The van der Waals surface area contributed by atoms with Crippen molar-refractivity contribution < 1.29 is 14.3 Å². The molecule has 0 radical (unpaired) electrons. The summed E-state index contributed by atoms with van der Waals surface area (Å²) in [4.78, 5) is 17.1. The van der Waals surface area contributed by atoms with E-state index in [9.17, 15) is 4.79 Å². The molecule has 1 spiro atoms. The van der Waals surface area contributed by atoms with E-state index in [1.54, 1.807) is 0 Å². The number of hydrogen-bond acceptors (Lipinski definition) is 4. The number of rotatable bonds is 5. The molecule has 1 unspecified atom stereocenters. The Labute approximate surface area is 150 Å². The molecule has 1 aromatic rings. The number of likely N-dealkylation sites (N-methyl/N-ethyl adjacent to an activating group) is 1. The monoisotopic (exact) mass is 346 g/mol. The van der Waals surface area contributed by atoms with Crippen LogP contribution in [0, 0.1) is 0 Å². The molecule has 0 aromatic heterocycles. The van der Waals surface area contributed by atoms with Crippen molar-refractivity contribution in [3.63, 3.8) is 0 Å². The first kappa shape index (κ1) is 18.2. The van der Waals surface area contributed by atoms with Crippen molar-refractivity contribution in [2.45, 2.75) is 44.8 Å². The zero-order chi connectivity index (χ0) is 17.7. The average Bonchev–Trinajstić information content (AvgIpc) is 2.75. The Morgan fingerprint density at radius 2 is 2.08 bits per heavy atom. The van der Waals surface area contributed by atoms with Crippen molar-refractivity contribution in [3.05, 3.63) is 29.8 Å². The molecule has 2 heterocycles. The summed E-state index contributed by atoms with van der Waals surface area (Å²) in [7, 11) is 1.89. The summed E-state index contributed by atoms with van der Waals surface area (Å²) in [5.74, 6) is 1.10. The molecule has 2 saturated heterocycles. The highest BCUT2D eigenvalue weighted by atomic mass is 16.5. The lowest BCUT2D eigenvalue weighted by Crippen LogP contribution is -2.59. The number of hydrogen-bond donors (Lipinski definition) is 0. The second-order valence-electron chi connectivity index (χ2n) is 7.19. The van der Waals surface area contributed by atoms with Gasteiger partial charge >= 0.3 is 0 Å². The van der Waals surface area contributed by atoms with E-state index >= 15 is 0 Å². The standard InChI is InChI=1S/C20H30N2O3/c1-3-13-24-18-9-5-4-8-17(18)15-22-12-14-25-20(16-22)10-6-7-11-21(2)19(20)23/h4-5,8-9H,3,6-7,10-16H2,1-2H3. The third kappa shape index (κ3) is 4.15. The molecule has 5 heteroatoms. The van der Waals surface area contributed by atoms with Gasteiger partial charge in [-0.25, -0.2) is 0 Å². The van der Waals surface area contributed by atoms with Gasteiger partial charge in [0.25, 0.3) is 5.91 Å². The first-order chi connectivity index (χ1) is 12.1. The predicted molar refractivity (Wildman–Crippen MR) is 97.7 cm³/mol. The molecule has 2 aliphatic rings. The topological polar surface area (TPSA) is 42.0 Å². The molecule has 1 amide bonds. The highest BCUT2D eigenvalue weighted by Gasteiger charge is 2.45. The Kier molecular flexibility index (Phi) is 5.97. The number of morpholine rings is 1. The summed E-state index contributed by atoms with van der Waals surface area (Å²) < 4.78 is 12.0. The van der Waals surface area contributed by atoms with Crippen LogP contribution in [0.3, 0.4) is 0 Å². The Balaban J connectivity index is 1.73. The number of benzene rings is 1. The van der Waals surface area contributed by atoms with Gasteiger partial charge in [-0.2, -0.15) is 0 Å². The third-order valence-corrected chi connectivity index (χ3v) is 5.15. The van der Waals surface area contributed by atoms with Crippen molar-refractivity contribution >= 4 is 5.91 Å². The molecular formula is C20H30N2O3. The highest BCUT2D eigenvalue weighted by Crippen LogP contribution is 2.31. The summed E-state index contributed by atoms with van der Waals surface area (Å²) >= 11 is 0. The Morgan fingerprint density at radius 3 is 2.92 bits per heavy atom. The van der Waals surface area contributed by atoms with Gasteiger partial charge in [-0.05, 0) is 31.7 Å². The van der Waals surface area contributed by atoms with E-state index in [0.717, 1.165) is 57.7 Å². The fourth-order valence-corrected chi connectivity index (χ4v) is 3.82. The van der Waals surface area contributed by atoms with Gasteiger partial charge in [-0.1, -0.05) is 25.1 Å². The van der Waals surface area contributed by atoms with E-state index in [4.69, 9.17) is 9.47 Å². The van der Waals surface area contributed by atoms with Crippen LogP contribution in [0.25, 0.3) is 0 Å². The van der Waals surface area contributed by atoms with Gasteiger partial charge in [0.15, 0.2) is 5.60 Å². The summed E-state index contributed by atoms with van der Waals surface area (Å²) in [6.07, 6.45) is 3.91. The van der Waals surface area contributed by atoms with E-state index in [1.165, 1.54) is 5.56 Å². The molecule has 2 aliphatic heterocycles. The molecule has 138 valence electrons. The lowest BCUT2D eigenvalue weighted by molar-refractivity contribution is -0.169. The zero-order valence-corrected chi connectivity index (χ0v) is 15.5. The quantitative estimate of drug-likeness (QED) is 0.822. The second-order valence-corrected chi connectivity index (χ2v) is 7.19. The van der Waals surface area contributed by atoms with Crippen molar-refractivity contribution in [2.24, 2.45) is 0 Å². The molecule has 2 fully saturated rings. The molecule has 3 rings (SSSR count). The van der Waals surface area contributed by atoms with Gasteiger partial charge in [-0.15, -0.1) is 0 Å². The SMILES string of the molecule is CCCOc1ccccc1CN1CCOC2(CCCCN(C)C2=O)C1. The van der Waals surface area contributed by atoms with Gasteiger partial charge in [-0.3, -0.25) is 9.69 Å². The molecular weight excluding hydrogens is 316 g/mol. The normalized spacial score (nSPS) is 25.2. The lowest BCUT2D eigenvalue weighted by atomic mass is 9.94. The molecule has 1 aromatic carbocycles. The van der Waals surface area contributed by atoms with Crippen LogP contribution < -0.4 is 4.74 Å². The largest absolute Gasteiger partial charge is 0.493 e.